The zero-order valence-corrected chi connectivity index (χ0v) is 7.14. The first-order valence-electron chi connectivity index (χ1n) is 4.45. The van der Waals surface area contributed by atoms with Crippen LogP contribution in [-0.4, -0.2) is 0 Å². The van der Waals surface area contributed by atoms with Crippen LogP contribution in [0.15, 0.2) is 12.2 Å². The summed E-state index contributed by atoms with van der Waals surface area (Å²) >= 11 is 0. The van der Waals surface area contributed by atoms with E-state index in [-0.39, 0.29) is 0 Å². The summed E-state index contributed by atoms with van der Waals surface area (Å²) in [7, 11) is 0. The summed E-state index contributed by atoms with van der Waals surface area (Å²) in [6.45, 7) is 4.48. The lowest BCUT2D eigenvalue weighted by molar-refractivity contribution is 0.222. The van der Waals surface area contributed by atoms with E-state index in [9.17, 15) is 0 Å². The van der Waals surface area contributed by atoms with Crippen LogP contribution in [0.4, 0.5) is 0 Å². The Balaban J connectivity index is 2.13. The van der Waals surface area contributed by atoms with Gasteiger partial charge in [0, 0.05) is 0 Å². The first kappa shape index (κ1) is 7.84. The predicted octanol–water partition coefficient (Wildman–Crippen LogP) is 3.39. The Morgan fingerprint density at radius 1 is 1.50 bits per heavy atom. The van der Waals surface area contributed by atoms with E-state index in [2.05, 4.69) is 26.0 Å². The van der Waals surface area contributed by atoms with Gasteiger partial charge in [0.05, 0.1) is 0 Å². The molecule has 0 aromatic heterocycles. The van der Waals surface area contributed by atoms with Gasteiger partial charge in [-0.25, -0.2) is 0 Å². The summed E-state index contributed by atoms with van der Waals surface area (Å²) in [5.41, 5.74) is 0. The minimum absolute atomic E-state index is 0.935. The van der Waals surface area contributed by atoms with E-state index >= 15 is 0 Å². The van der Waals surface area contributed by atoms with Crippen molar-refractivity contribution >= 4 is 0 Å². The number of allylic oxidation sites excluding steroid dienone is 2. The van der Waals surface area contributed by atoms with Gasteiger partial charge in [0.15, 0.2) is 0 Å². The normalized spacial score (nSPS) is 23.0. The summed E-state index contributed by atoms with van der Waals surface area (Å²) in [6, 6.07) is 0. The minimum Gasteiger partial charge on any atom is -0.0917 e. The van der Waals surface area contributed by atoms with Crippen molar-refractivity contribution in [1.29, 1.82) is 0 Å². The fourth-order valence-corrected chi connectivity index (χ4v) is 1.55. The number of rotatable bonds is 3. The zero-order valence-electron chi connectivity index (χ0n) is 7.14. The third-order valence-electron chi connectivity index (χ3n) is 2.70. The monoisotopic (exact) mass is 138 g/mol. The quantitative estimate of drug-likeness (QED) is 0.524. The largest absolute Gasteiger partial charge is 0.0917 e. The van der Waals surface area contributed by atoms with E-state index in [0.29, 0.717) is 0 Å². The fourth-order valence-electron chi connectivity index (χ4n) is 1.55. The van der Waals surface area contributed by atoms with Crippen molar-refractivity contribution in [2.75, 3.05) is 0 Å². The van der Waals surface area contributed by atoms with E-state index < -0.39 is 0 Å². The standard InChI is InChI=1S/C10H18/c1-3-4-6-9(2)10-7-5-8-10/h3-4,9-10H,5-8H2,1-2H3. The molecule has 10 heavy (non-hydrogen) atoms. The first-order valence-corrected chi connectivity index (χ1v) is 4.45. The van der Waals surface area contributed by atoms with Gasteiger partial charge < -0.3 is 0 Å². The molecule has 0 aromatic carbocycles. The zero-order chi connectivity index (χ0) is 7.40. The maximum absolute atomic E-state index is 2.38. The lowest BCUT2D eigenvalue weighted by Gasteiger charge is -2.30. The second kappa shape index (κ2) is 3.80. The molecule has 0 aliphatic heterocycles. The van der Waals surface area contributed by atoms with Crippen LogP contribution in [0, 0.1) is 11.8 Å². The molecule has 1 unspecified atom stereocenters. The van der Waals surface area contributed by atoms with Gasteiger partial charge in [-0.2, -0.15) is 0 Å². The lowest BCUT2D eigenvalue weighted by atomic mass is 9.75. The molecule has 0 spiro atoms. The SMILES string of the molecule is CC=CCC(C)C1CCC1. The molecule has 0 saturated heterocycles. The topological polar surface area (TPSA) is 0 Å². The third-order valence-corrected chi connectivity index (χ3v) is 2.70. The molecule has 0 nitrogen and oxygen atoms in total. The van der Waals surface area contributed by atoms with Gasteiger partial charge in [0.1, 0.15) is 0 Å². The first-order chi connectivity index (χ1) is 4.84. The number of hydrogen-bond donors (Lipinski definition) is 0. The van der Waals surface area contributed by atoms with Gasteiger partial charge >= 0.3 is 0 Å². The Hall–Kier alpha value is -0.260. The van der Waals surface area contributed by atoms with Crippen molar-refractivity contribution in [3.63, 3.8) is 0 Å². The highest BCUT2D eigenvalue weighted by molar-refractivity contribution is 4.84. The molecule has 0 heteroatoms. The maximum atomic E-state index is 2.38. The highest BCUT2D eigenvalue weighted by Gasteiger charge is 2.22. The molecule has 1 fully saturated rings. The average molecular weight is 138 g/mol. The molecule has 1 saturated carbocycles. The minimum atomic E-state index is 0.935. The van der Waals surface area contributed by atoms with E-state index in [1.165, 1.54) is 25.7 Å². The highest BCUT2D eigenvalue weighted by Crippen LogP contribution is 2.34. The Bertz CT molecular complexity index is 109. The molecule has 0 amide bonds. The van der Waals surface area contributed by atoms with Crippen molar-refractivity contribution in [1.82, 2.24) is 0 Å². The molecule has 1 aliphatic carbocycles. The molecule has 1 rings (SSSR count). The molecule has 0 heterocycles. The molecule has 1 atom stereocenters. The second-order valence-corrected chi connectivity index (χ2v) is 3.47. The average Bonchev–Trinajstić information content (AvgIpc) is 1.79. The Kier molecular flexibility index (Phi) is 2.98. The molecular formula is C10H18. The third kappa shape index (κ3) is 1.86. The van der Waals surface area contributed by atoms with Crippen LogP contribution >= 0.6 is 0 Å². The van der Waals surface area contributed by atoms with Crippen LogP contribution in [0.1, 0.15) is 39.5 Å². The summed E-state index contributed by atoms with van der Waals surface area (Å²) < 4.78 is 0. The number of hydrogen-bond acceptors (Lipinski definition) is 0. The van der Waals surface area contributed by atoms with Crippen LogP contribution in [0.25, 0.3) is 0 Å². The highest BCUT2D eigenvalue weighted by atomic mass is 14.3. The Morgan fingerprint density at radius 2 is 2.20 bits per heavy atom. The fraction of sp³-hybridized carbons (Fsp3) is 0.800. The summed E-state index contributed by atoms with van der Waals surface area (Å²) in [5, 5.41) is 0. The second-order valence-electron chi connectivity index (χ2n) is 3.47. The van der Waals surface area contributed by atoms with Gasteiger partial charge in [-0.05, 0) is 25.2 Å². The van der Waals surface area contributed by atoms with Crippen molar-refractivity contribution in [2.24, 2.45) is 11.8 Å². The van der Waals surface area contributed by atoms with Crippen LogP contribution in [0.5, 0.6) is 0 Å². The van der Waals surface area contributed by atoms with Crippen LogP contribution in [0.3, 0.4) is 0 Å². The lowest BCUT2D eigenvalue weighted by Crippen LogP contribution is -2.18. The molecule has 58 valence electrons. The van der Waals surface area contributed by atoms with Crippen molar-refractivity contribution in [2.45, 2.75) is 39.5 Å². The van der Waals surface area contributed by atoms with Crippen LogP contribution in [0.2, 0.25) is 0 Å². The molecule has 0 N–H and O–H groups in total. The van der Waals surface area contributed by atoms with E-state index in [1.54, 1.807) is 0 Å². The van der Waals surface area contributed by atoms with Crippen molar-refractivity contribution in [3.8, 4) is 0 Å². The Labute approximate surface area is 64.3 Å². The van der Waals surface area contributed by atoms with Gasteiger partial charge in [-0.3, -0.25) is 0 Å². The molecule has 1 aliphatic rings. The van der Waals surface area contributed by atoms with Gasteiger partial charge in [0.25, 0.3) is 0 Å². The van der Waals surface area contributed by atoms with Crippen molar-refractivity contribution in [3.05, 3.63) is 12.2 Å². The van der Waals surface area contributed by atoms with Crippen molar-refractivity contribution < 1.29 is 0 Å². The Morgan fingerprint density at radius 3 is 2.60 bits per heavy atom. The maximum Gasteiger partial charge on any atom is -0.0322 e. The van der Waals surface area contributed by atoms with E-state index in [1.807, 2.05) is 0 Å². The van der Waals surface area contributed by atoms with Gasteiger partial charge in [0.2, 0.25) is 0 Å². The van der Waals surface area contributed by atoms with E-state index in [4.69, 9.17) is 0 Å². The van der Waals surface area contributed by atoms with Gasteiger partial charge in [-0.15, -0.1) is 0 Å². The summed E-state index contributed by atoms with van der Waals surface area (Å²) in [5.74, 6) is 1.99. The predicted molar refractivity (Wildman–Crippen MR) is 45.9 cm³/mol. The molecule has 0 aromatic rings. The molecular weight excluding hydrogens is 120 g/mol. The molecule has 0 bridgehead atoms. The van der Waals surface area contributed by atoms with E-state index in [0.717, 1.165) is 11.8 Å². The smallest absolute Gasteiger partial charge is 0.0322 e. The van der Waals surface area contributed by atoms with Crippen LogP contribution < -0.4 is 0 Å². The van der Waals surface area contributed by atoms with Gasteiger partial charge in [-0.1, -0.05) is 38.3 Å². The summed E-state index contributed by atoms with van der Waals surface area (Å²) in [6.07, 6.45) is 10.2. The molecule has 0 radical (unpaired) electrons. The van der Waals surface area contributed by atoms with Crippen LogP contribution in [-0.2, 0) is 0 Å². The summed E-state index contributed by atoms with van der Waals surface area (Å²) in [4.78, 5) is 0.